The molecule has 1 fully saturated rings. The van der Waals surface area contributed by atoms with Crippen LogP contribution in [0.5, 0.6) is 0 Å². The van der Waals surface area contributed by atoms with Crippen LogP contribution in [0.15, 0.2) is 11.1 Å². The summed E-state index contributed by atoms with van der Waals surface area (Å²) in [6, 6.07) is 1.42. The van der Waals surface area contributed by atoms with Crippen LogP contribution in [0.1, 0.15) is 29.8 Å². The number of hydrogen-bond acceptors (Lipinski definition) is 5. The molecule has 8 nitrogen and oxygen atoms in total. The number of methoxy groups -OCH3 is 1. The van der Waals surface area contributed by atoms with Gasteiger partial charge in [0.2, 0.25) is 0 Å². The molecule has 0 aliphatic carbocycles. The van der Waals surface area contributed by atoms with Crippen LogP contribution in [0.4, 0.5) is 0 Å². The van der Waals surface area contributed by atoms with E-state index < -0.39 is 10.0 Å². The van der Waals surface area contributed by atoms with Gasteiger partial charge in [-0.25, -0.2) is 8.42 Å². The minimum Gasteiger partial charge on any atom is -0.383 e. The number of amides is 1. The molecule has 1 aromatic heterocycles. The van der Waals surface area contributed by atoms with Crippen molar-refractivity contribution < 1.29 is 17.9 Å². The number of ether oxygens (including phenoxy) is 1. The Morgan fingerprint density at radius 3 is 2.87 bits per heavy atom. The average Bonchev–Trinajstić information content (AvgIpc) is 2.97. The Morgan fingerprint density at radius 1 is 1.35 bits per heavy atom. The number of carbonyl (C=O) groups is 1. The normalized spacial score (nSPS) is 24.4. The largest absolute Gasteiger partial charge is 0.383 e. The molecule has 0 bridgehead atoms. The van der Waals surface area contributed by atoms with Crippen molar-refractivity contribution in [3.63, 3.8) is 0 Å². The maximum absolute atomic E-state index is 12.8. The zero-order chi connectivity index (χ0) is 16.6. The van der Waals surface area contributed by atoms with Crippen molar-refractivity contribution in [1.29, 1.82) is 0 Å². The first-order chi connectivity index (χ1) is 10.9. The smallest absolute Gasteiger partial charge is 0.274 e. The quantitative estimate of drug-likeness (QED) is 0.781. The number of likely N-dealkylation sites (tertiary alicyclic amines) is 1. The predicted molar refractivity (Wildman–Crippen MR) is 82.6 cm³/mol. The molecule has 23 heavy (non-hydrogen) atoms. The van der Waals surface area contributed by atoms with Crippen molar-refractivity contribution in [2.45, 2.75) is 36.9 Å². The van der Waals surface area contributed by atoms with Gasteiger partial charge in [-0.2, -0.15) is 9.40 Å². The van der Waals surface area contributed by atoms with E-state index in [-0.39, 0.29) is 22.7 Å². The molecule has 0 spiro atoms. The molecule has 0 N–H and O–H groups in total. The number of nitrogens with zero attached hydrogens (tertiary/aromatic N) is 4. The molecule has 1 amide bonds. The SMILES string of the molecule is COCC1CCCCN1C(=O)c1cc2n(n1)CCN(C)S2(=O)=O. The zero-order valence-electron chi connectivity index (χ0n) is 13.4. The maximum atomic E-state index is 12.8. The van der Waals surface area contributed by atoms with E-state index >= 15 is 0 Å². The van der Waals surface area contributed by atoms with E-state index in [2.05, 4.69) is 5.10 Å². The van der Waals surface area contributed by atoms with Gasteiger partial charge in [-0.1, -0.05) is 0 Å². The summed E-state index contributed by atoms with van der Waals surface area (Å²) in [5.74, 6) is -0.216. The molecule has 3 rings (SSSR count). The lowest BCUT2D eigenvalue weighted by atomic mass is 10.0. The van der Waals surface area contributed by atoms with E-state index in [1.54, 1.807) is 12.0 Å². The second-order valence-corrected chi connectivity index (χ2v) is 8.01. The number of sulfonamides is 1. The highest BCUT2D eigenvalue weighted by molar-refractivity contribution is 7.89. The summed E-state index contributed by atoms with van der Waals surface area (Å²) in [6.07, 6.45) is 2.91. The van der Waals surface area contributed by atoms with Gasteiger partial charge in [0.05, 0.1) is 19.2 Å². The molecule has 1 atom stereocenters. The highest BCUT2D eigenvalue weighted by Crippen LogP contribution is 2.24. The topological polar surface area (TPSA) is 84.7 Å². The van der Waals surface area contributed by atoms with Crippen LogP contribution in [-0.2, 0) is 21.3 Å². The summed E-state index contributed by atoms with van der Waals surface area (Å²) in [6.45, 7) is 1.96. The number of carbonyl (C=O) groups excluding carboxylic acids is 1. The van der Waals surface area contributed by atoms with Crippen molar-refractivity contribution in [2.24, 2.45) is 0 Å². The van der Waals surface area contributed by atoms with Crippen LogP contribution < -0.4 is 0 Å². The molecule has 0 radical (unpaired) electrons. The Bertz CT molecular complexity index is 698. The predicted octanol–water partition coefficient (Wildman–Crippen LogP) is 0.158. The summed E-state index contributed by atoms with van der Waals surface area (Å²) in [5, 5.41) is 4.32. The summed E-state index contributed by atoms with van der Waals surface area (Å²) in [7, 11) is -0.395. The van der Waals surface area contributed by atoms with Gasteiger partial charge in [0, 0.05) is 33.3 Å². The van der Waals surface area contributed by atoms with Crippen LogP contribution in [-0.4, -0.2) is 73.2 Å². The van der Waals surface area contributed by atoms with Crippen molar-refractivity contribution in [2.75, 3.05) is 33.9 Å². The summed E-state index contributed by atoms with van der Waals surface area (Å²) in [4.78, 5) is 14.5. The lowest BCUT2D eigenvalue weighted by Gasteiger charge is -2.34. The number of rotatable bonds is 3. The van der Waals surface area contributed by atoms with Crippen LogP contribution >= 0.6 is 0 Å². The Labute approximate surface area is 136 Å². The minimum absolute atomic E-state index is 0.0271. The van der Waals surface area contributed by atoms with Crippen molar-refractivity contribution in [3.05, 3.63) is 11.8 Å². The molecule has 0 aromatic carbocycles. The minimum atomic E-state index is -3.55. The van der Waals surface area contributed by atoms with Gasteiger partial charge in [0.1, 0.15) is 0 Å². The standard InChI is InChI=1S/C14H22N4O4S/c1-16-7-8-18-13(23(16,20)21)9-12(15-18)14(19)17-6-4-3-5-11(17)10-22-2/h9,11H,3-8,10H2,1-2H3. The maximum Gasteiger partial charge on any atom is 0.274 e. The van der Waals surface area contributed by atoms with Crippen molar-refractivity contribution >= 4 is 15.9 Å². The number of aromatic nitrogens is 2. The third-order valence-corrected chi connectivity index (χ3v) is 6.37. The number of fused-ring (bicyclic) bond motifs is 1. The highest BCUT2D eigenvalue weighted by atomic mass is 32.2. The van der Waals surface area contributed by atoms with E-state index in [0.717, 1.165) is 19.3 Å². The third-order valence-electron chi connectivity index (χ3n) is 4.51. The molecule has 0 saturated carbocycles. The first kappa shape index (κ1) is 16.4. The van der Waals surface area contributed by atoms with E-state index in [4.69, 9.17) is 4.74 Å². The van der Waals surface area contributed by atoms with Crippen molar-refractivity contribution in [3.8, 4) is 0 Å². The van der Waals surface area contributed by atoms with E-state index in [0.29, 0.717) is 26.2 Å². The van der Waals surface area contributed by atoms with Gasteiger partial charge in [0.15, 0.2) is 10.7 Å². The van der Waals surface area contributed by atoms with Gasteiger partial charge in [-0.3, -0.25) is 9.48 Å². The second kappa shape index (κ2) is 6.21. The van der Waals surface area contributed by atoms with Gasteiger partial charge >= 0.3 is 0 Å². The molecule has 1 unspecified atom stereocenters. The van der Waals surface area contributed by atoms with Gasteiger partial charge in [-0.15, -0.1) is 0 Å². The Balaban J connectivity index is 1.89. The van der Waals surface area contributed by atoms with Crippen molar-refractivity contribution in [1.82, 2.24) is 19.0 Å². The Kier molecular flexibility index (Phi) is 4.43. The molecule has 2 aliphatic rings. The van der Waals surface area contributed by atoms with Crippen LogP contribution in [0, 0.1) is 0 Å². The highest BCUT2D eigenvalue weighted by Gasteiger charge is 2.34. The number of piperidine rings is 1. The summed E-state index contributed by atoms with van der Waals surface area (Å²) < 4.78 is 32.5. The monoisotopic (exact) mass is 342 g/mol. The molecular formula is C14H22N4O4S. The molecule has 1 aromatic rings. The molecule has 1 saturated heterocycles. The third kappa shape index (κ3) is 2.88. The lowest BCUT2D eigenvalue weighted by Crippen LogP contribution is -2.46. The zero-order valence-corrected chi connectivity index (χ0v) is 14.3. The fraction of sp³-hybridized carbons (Fsp3) is 0.714. The Hall–Kier alpha value is -1.45. The summed E-state index contributed by atoms with van der Waals surface area (Å²) in [5.41, 5.74) is 0.196. The van der Waals surface area contributed by atoms with E-state index in [1.807, 2.05) is 0 Å². The second-order valence-electron chi connectivity index (χ2n) is 6.02. The lowest BCUT2D eigenvalue weighted by molar-refractivity contribution is 0.0422. The van der Waals surface area contributed by atoms with Crippen LogP contribution in [0.2, 0.25) is 0 Å². The van der Waals surface area contributed by atoms with Gasteiger partial charge in [-0.05, 0) is 19.3 Å². The number of hydrogen-bond donors (Lipinski definition) is 0. The molecule has 9 heteroatoms. The van der Waals surface area contributed by atoms with Gasteiger partial charge < -0.3 is 9.64 Å². The fourth-order valence-corrected chi connectivity index (χ4v) is 4.47. The van der Waals surface area contributed by atoms with E-state index in [1.165, 1.54) is 22.1 Å². The molecular weight excluding hydrogens is 320 g/mol. The Morgan fingerprint density at radius 2 is 2.13 bits per heavy atom. The van der Waals surface area contributed by atoms with Gasteiger partial charge in [0.25, 0.3) is 15.9 Å². The average molecular weight is 342 g/mol. The fourth-order valence-electron chi connectivity index (χ4n) is 3.17. The van der Waals surface area contributed by atoms with Crippen LogP contribution in [0.25, 0.3) is 0 Å². The first-order valence-electron chi connectivity index (χ1n) is 7.79. The van der Waals surface area contributed by atoms with E-state index in [9.17, 15) is 13.2 Å². The molecule has 128 valence electrons. The first-order valence-corrected chi connectivity index (χ1v) is 9.23. The molecule has 3 heterocycles. The number of likely N-dealkylation sites (N-methyl/N-ethyl adjacent to an activating group) is 1. The summed E-state index contributed by atoms with van der Waals surface area (Å²) >= 11 is 0. The molecule has 2 aliphatic heterocycles. The van der Waals surface area contributed by atoms with Crippen LogP contribution in [0.3, 0.4) is 0 Å².